The van der Waals surface area contributed by atoms with E-state index in [0.717, 1.165) is 37.0 Å². The predicted molar refractivity (Wildman–Crippen MR) is 88.6 cm³/mol. The lowest BCUT2D eigenvalue weighted by atomic mass is 9.70. The Morgan fingerprint density at radius 3 is 2.43 bits per heavy atom. The Morgan fingerprint density at radius 2 is 1.91 bits per heavy atom. The lowest BCUT2D eigenvalue weighted by molar-refractivity contribution is -0.149. The highest BCUT2D eigenvalue weighted by atomic mass is 16.5. The van der Waals surface area contributed by atoms with Crippen LogP contribution < -0.4 is 10.1 Å². The summed E-state index contributed by atoms with van der Waals surface area (Å²) in [4.78, 5) is 24.3. The van der Waals surface area contributed by atoms with Crippen molar-refractivity contribution < 1.29 is 19.1 Å². The van der Waals surface area contributed by atoms with Crippen LogP contribution >= 0.6 is 0 Å². The van der Waals surface area contributed by atoms with Gasteiger partial charge in [-0.05, 0) is 44.0 Å². The summed E-state index contributed by atoms with van der Waals surface area (Å²) in [5.41, 5.74) is 0.0837. The molecule has 23 heavy (non-hydrogen) atoms. The normalized spacial score (nSPS) is 17.8. The number of carbonyl (C=O) groups excluding carboxylic acids is 2. The third-order valence-corrected chi connectivity index (χ3v) is 4.52. The van der Waals surface area contributed by atoms with Crippen LogP contribution in [0.2, 0.25) is 0 Å². The fourth-order valence-corrected chi connectivity index (χ4v) is 3.20. The summed E-state index contributed by atoms with van der Waals surface area (Å²) in [6.07, 6.45) is 5.39. The highest BCUT2D eigenvalue weighted by molar-refractivity contribution is 5.85. The van der Waals surface area contributed by atoms with E-state index in [4.69, 9.17) is 9.47 Å². The summed E-state index contributed by atoms with van der Waals surface area (Å²) in [6, 6.07) is 6.66. The lowest BCUT2D eigenvalue weighted by Gasteiger charge is -2.38. The minimum Gasteiger partial charge on any atom is -0.497 e. The molecule has 0 radical (unpaired) electrons. The number of hydrogen-bond acceptors (Lipinski definition) is 5. The first-order valence-corrected chi connectivity index (χ1v) is 8.19. The Kier molecular flexibility index (Phi) is 6.02. The molecular weight excluding hydrogens is 294 g/mol. The van der Waals surface area contributed by atoms with E-state index in [0.29, 0.717) is 19.4 Å². The number of rotatable bonds is 7. The molecule has 2 rings (SSSR count). The van der Waals surface area contributed by atoms with Gasteiger partial charge in [0.2, 0.25) is 0 Å². The molecule has 126 valence electrons. The summed E-state index contributed by atoms with van der Waals surface area (Å²) >= 11 is 0. The molecule has 1 aliphatic carbocycles. The molecule has 1 aromatic rings. The number of esters is 1. The molecule has 0 amide bonds. The number of ether oxygens (including phenoxy) is 2. The second-order valence-electron chi connectivity index (χ2n) is 5.97. The second-order valence-corrected chi connectivity index (χ2v) is 5.97. The minimum absolute atomic E-state index is 0.300. The molecule has 1 aromatic carbocycles. The van der Waals surface area contributed by atoms with Crippen molar-refractivity contribution in [2.75, 3.05) is 19.0 Å². The Hall–Kier alpha value is -2.04. The molecule has 0 spiro atoms. The quantitative estimate of drug-likeness (QED) is 0.617. The van der Waals surface area contributed by atoms with Crippen LogP contribution in [0.15, 0.2) is 24.3 Å². The number of benzene rings is 1. The third-order valence-electron chi connectivity index (χ3n) is 4.52. The van der Waals surface area contributed by atoms with Gasteiger partial charge in [-0.2, -0.15) is 0 Å². The average Bonchev–Trinajstić information content (AvgIpc) is 2.61. The van der Waals surface area contributed by atoms with Crippen molar-refractivity contribution in [1.82, 2.24) is 0 Å². The molecule has 0 bridgehead atoms. The van der Waals surface area contributed by atoms with Crippen LogP contribution in [0.25, 0.3) is 0 Å². The number of hydrogen-bond donors (Lipinski definition) is 1. The van der Waals surface area contributed by atoms with Gasteiger partial charge in [0.15, 0.2) is 0 Å². The van der Waals surface area contributed by atoms with Gasteiger partial charge in [0, 0.05) is 5.69 Å². The van der Waals surface area contributed by atoms with Crippen LogP contribution in [-0.2, 0) is 14.3 Å². The van der Waals surface area contributed by atoms with Crippen LogP contribution in [0, 0.1) is 5.41 Å². The zero-order chi connectivity index (χ0) is 16.7. The summed E-state index contributed by atoms with van der Waals surface area (Å²) in [5, 5.41) is 3.22. The van der Waals surface area contributed by atoms with Gasteiger partial charge >= 0.3 is 5.97 Å². The van der Waals surface area contributed by atoms with Crippen LogP contribution in [0.5, 0.6) is 5.75 Å². The Morgan fingerprint density at radius 1 is 1.26 bits per heavy atom. The fourth-order valence-electron chi connectivity index (χ4n) is 3.20. The van der Waals surface area contributed by atoms with Crippen molar-refractivity contribution in [3.05, 3.63) is 24.3 Å². The average molecular weight is 319 g/mol. The maximum Gasteiger partial charge on any atom is 0.329 e. The molecule has 0 saturated heterocycles. The van der Waals surface area contributed by atoms with E-state index in [-0.39, 0.29) is 5.97 Å². The first kappa shape index (κ1) is 17.3. The second kappa shape index (κ2) is 7.99. The summed E-state index contributed by atoms with van der Waals surface area (Å²) in [6.45, 7) is 2.07. The van der Waals surface area contributed by atoms with Gasteiger partial charge in [0.05, 0.1) is 19.1 Å². The first-order valence-electron chi connectivity index (χ1n) is 8.19. The van der Waals surface area contributed by atoms with Gasteiger partial charge in [-0.25, -0.2) is 4.79 Å². The number of anilines is 1. The fraction of sp³-hybridized carbons (Fsp3) is 0.556. The SMILES string of the molecule is CCOC(=O)[C@@H](Nc1ccc(OC)cc1)C1(C=O)CCCCC1. The number of nitrogens with one attached hydrogen (secondary N) is 1. The van der Waals surface area contributed by atoms with Crippen LogP contribution in [-0.4, -0.2) is 32.0 Å². The topological polar surface area (TPSA) is 64.6 Å². The number of aldehydes is 1. The maximum absolute atomic E-state index is 12.5. The molecule has 1 fully saturated rings. The van der Waals surface area contributed by atoms with Crippen molar-refractivity contribution in [3.63, 3.8) is 0 Å². The van der Waals surface area contributed by atoms with Gasteiger partial charge in [0.1, 0.15) is 18.1 Å². The van der Waals surface area contributed by atoms with Crippen molar-refractivity contribution in [2.24, 2.45) is 5.41 Å². The van der Waals surface area contributed by atoms with Crippen molar-refractivity contribution in [3.8, 4) is 5.75 Å². The van der Waals surface area contributed by atoms with Gasteiger partial charge in [-0.15, -0.1) is 0 Å². The molecule has 1 N–H and O–H groups in total. The molecule has 0 aromatic heterocycles. The largest absolute Gasteiger partial charge is 0.497 e. The first-order chi connectivity index (χ1) is 11.1. The molecular formula is C18H25NO4. The third kappa shape index (κ3) is 4.03. The Bertz CT molecular complexity index is 520. The van der Waals surface area contributed by atoms with Crippen LogP contribution in [0.4, 0.5) is 5.69 Å². The molecule has 1 atom stereocenters. The highest BCUT2D eigenvalue weighted by Gasteiger charge is 2.44. The van der Waals surface area contributed by atoms with E-state index in [1.54, 1.807) is 14.0 Å². The molecule has 0 aliphatic heterocycles. The van der Waals surface area contributed by atoms with Crippen molar-refractivity contribution in [2.45, 2.75) is 45.1 Å². The van der Waals surface area contributed by atoms with E-state index in [2.05, 4.69) is 5.32 Å². The standard InChI is InChI=1S/C18H25NO4/c1-3-23-17(21)16(18(13-20)11-5-4-6-12-18)19-14-7-9-15(22-2)10-8-14/h7-10,13,16,19H,3-6,11-12H2,1-2H3/t16-/m1/s1. The Labute approximate surface area is 137 Å². The number of methoxy groups -OCH3 is 1. The van der Waals surface area contributed by atoms with E-state index < -0.39 is 11.5 Å². The zero-order valence-electron chi connectivity index (χ0n) is 13.8. The van der Waals surface area contributed by atoms with E-state index >= 15 is 0 Å². The van der Waals surface area contributed by atoms with Crippen molar-refractivity contribution in [1.29, 1.82) is 0 Å². The molecule has 1 aliphatic rings. The van der Waals surface area contributed by atoms with E-state index in [9.17, 15) is 9.59 Å². The Balaban J connectivity index is 2.25. The van der Waals surface area contributed by atoms with Gasteiger partial charge in [0.25, 0.3) is 0 Å². The van der Waals surface area contributed by atoms with E-state index in [1.165, 1.54) is 0 Å². The molecule has 0 heterocycles. The van der Waals surface area contributed by atoms with Crippen LogP contribution in [0.1, 0.15) is 39.0 Å². The minimum atomic E-state index is -0.690. The predicted octanol–water partition coefficient (Wildman–Crippen LogP) is 3.19. The zero-order valence-corrected chi connectivity index (χ0v) is 13.8. The van der Waals surface area contributed by atoms with Gasteiger partial charge < -0.3 is 19.6 Å². The number of carbonyl (C=O) groups is 2. The maximum atomic E-state index is 12.5. The lowest BCUT2D eigenvalue weighted by Crippen LogP contribution is -2.49. The van der Waals surface area contributed by atoms with E-state index in [1.807, 2.05) is 24.3 Å². The molecule has 5 nitrogen and oxygen atoms in total. The van der Waals surface area contributed by atoms with Crippen molar-refractivity contribution >= 4 is 17.9 Å². The molecule has 0 unspecified atom stereocenters. The van der Waals surface area contributed by atoms with Crippen LogP contribution in [0.3, 0.4) is 0 Å². The smallest absolute Gasteiger partial charge is 0.329 e. The van der Waals surface area contributed by atoms with Gasteiger partial charge in [-0.1, -0.05) is 19.3 Å². The monoisotopic (exact) mass is 319 g/mol. The van der Waals surface area contributed by atoms with Gasteiger partial charge in [-0.3, -0.25) is 0 Å². The highest BCUT2D eigenvalue weighted by Crippen LogP contribution is 2.39. The summed E-state index contributed by atoms with van der Waals surface area (Å²) < 4.78 is 10.4. The summed E-state index contributed by atoms with van der Waals surface area (Å²) in [7, 11) is 1.60. The summed E-state index contributed by atoms with van der Waals surface area (Å²) in [5.74, 6) is 0.378. The molecule has 5 heteroatoms. The molecule has 1 saturated carbocycles.